The van der Waals surface area contributed by atoms with Crippen molar-refractivity contribution in [2.75, 3.05) is 43.6 Å². The molecule has 4 aliphatic heterocycles. The van der Waals surface area contributed by atoms with Gasteiger partial charge in [-0.1, -0.05) is 45.9 Å². The Morgan fingerprint density at radius 2 is 1.65 bits per heavy atom. The number of ketones is 1. The van der Waals surface area contributed by atoms with E-state index >= 15 is 0 Å². The average Bonchev–Trinajstić information content (AvgIpc) is 3.48. The van der Waals surface area contributed by atoms with Crippen LogP contribution < -0.4 is 10.2 Å². The number of esters is 1. The molecule has 1 fully saturated rings. The molecule has 57 heavy (non-hydrogen) atoms. The zero-order valence-electron chi connectivity index (χ0n) is 33.7. The van der Waals surface area contributed by atoms with Crippen LogP contribution in [-0.4, -0.2) is 102 Å². The van der Waals surface area contributed by atoms with Crippen molar-refractivity contribution < 1.29 is 58.5 Å². The lowest BCUT2D eigenvalue weighted by Crippen LogP contribution is -2.46. The van der Waals surface area contributed by atoms with Crippen LogP contribution in [0.25, 0.3) is 5.57 Å². The van der Waals surface area contributed by atoms with E-state index in [2.05, 4.69) is 10.5 Å². The number of hydrogen-bond donors (Lipinski definition) is 5. The summed E-state index contributed by atoms with van der Waals surface area (Å²) in [6.07, 6.45) is 3.55. The van der Waals surface area contributed by atoms with E-state index in [0.29, 0.717) is 0 Å². The molecule has 1 amide bonds. The van der Waals surface area contributed by atoms with Crippen molar-refractivity contribution in [3.05, 3.63) is 69.2 Å². The lowest BCUT2D eigenvalue weighted by Gasteiger charge is -2.38. The number of nitrogens with one attached hydrogen (secondary N) is 1. The van der Waals surface area contributed by atoms with Crippen molar-refractivity contribution in [2.45, 2.75) is 85.6 Å². The van der Waals surface area contributed by atoms with E-state index < -0.39 is 83.0 Å². The van der Waals surface area contributed by atoms with Gasteiger partial charge >= 0.3 is 5.97 Å². The Kier molecular flexibility index (Phi) is 13.0. The molecule has 1 aliphatic carbocycles. The number of benzene rings is 1. The van der Waals surface area contributed by atoms with Crippen LogP contribution in [0.4, 0.5) is 11.4 Å². The zero-order chi connectivity index (χ0) is 42.1. The molecule has 4 heterocycles. The summed E-state index contributed by atoms with van der Waals surface area (Å²) < 4.78 is 29.3. The molecule has 16 nitrogen and oxygen atoms in total. The Morgan fingerprint density at radius 1 is 0.982 bits per heavy atom. The number of aliphatic hydroxyl groups excluding tert-OH is 2. The van der Waals surface area contributed by atoms with Crippen LogP contribution in [0.2, 0.25) is 0 Å². The number of carbonyl (C=O) groups excluding carboxylic acids is 3. The van der Waals surface area contributed by atoms with E-state index in [1.165, 1.54) is 53.2 Å². The summed E-state index contributed by atoms with van der Waals surface area (Å²) in [5.41, 5.74) is -1.15. The molecule has 1 aromatic carbocycles. The van der Waals surface area contributed by atoms with E-state index in [1.807, 2.05) is 0 Å². The number of phenols is 2. The Hall–Kier alpha value is -5.03. The molecule has 5 aliphatic rings. The molecule has 0 saturated carbocycles. The predicted octanol–water partition coefficient (Wildman–Crippen LogP) is 4.83. The third-order valence-electron chi connectivity index (χ3n) is 11.4. The summed E-state index contributed by atoms with van der Waals surface area (Å²) in [7, 11) is 1.43. The van der Waals surface area contributed by atoms with Crippen molar-refractivity contribution in [3.8, 4) is 11.5 Å². The lowest BCUT2D eigenvalue weighted by molar-refractivity contribution is -0.160. The third kappa shape index (κ3) is 8.08. The van der Waals surface area contributed by atoms with Gasteiger partial charge in [-0.2, -0.15) is 0 Å². The first-order valence-corrected chi connectivity index (χ1v) is 18.9. The number of phenolic OH excluding ortho intramolecular Hbond substituents is 2. The summed E-state index contributed by atoms with van der Waals surface area (Å²) in [6.45, 7) is 13.5. The minimum absolute atomic E-state index is 0.0163. The molecule has 0 aromatic heterocycles. The van der Waals surface area contributed by atoms with Crippen LogP contribution >= 0.6 is 0 Å². The number of anilines is 2. The van der Waals surface area contributed by atoms with E-state index in [9.17, 15) is 39.7 Å². The maximum Gasteiger partial charge on any atom is 0.302 e. The second-order valence-electron chi connectivity index (χ2n) is 15.2. The number of carbonyl (C=O) groups is 3. The number of ether oxygens (including phenoxy) is 5. The summed E-state index contributed by atoms with van der Waals surface area (Å²) in [5, 5.41) is 52.9. The van der Waals surface area contributed by atoms with Gasteiger partial charge in [-0.05, 0) is 25.1 Å². The molecule has 6 rings (SSSR count). The second-order valence-corrected chi connectivity index (χ2v) is 15.2. The zero-order valence-corrected chi connectivity index (χ0v) is 33.7. The van der Waals surface area contributed by atoms with Crippen LogP contribution in [0.1, 0.15) is 71.3 Å². The fourth-order valence-corrected chi connectivity index (χ4v) is 7.93. The van der Waals surface area contributed by atoms with Crippen LogP contribution in [-0.2, 0) is 33.3 Å². The number of fused-ring (bicyclic) bond motifs is 14. The van der Waals surface area contributed by atoms with Crippen molar-refractivity contribution in [1.82, 2.24) is 0 Å². The highest BCUT2D eigenvalue weighted by molar-refractivity contribution is 6.22. The normalized spacial score (nSPS) is 33.5. The first-order chi connectivity index (χ1) is 26.9. The summed E-state index contributed by atoms with van der Waals surface area (Å²) in [4.78, 5) is 54.6. The molecule has 5 bridgehead atoms. The summed E-state index contributed by atoms with van der Waals surface area (Å²) in [6, 6.07) is 0. The minimum Gasteiger partial charge on any atom is -0.505 e. The van der Waals surface area contributed by atoms with Gasteiger partial charge in [-0.15, -0.1) is 4.91 Å². The van der Waals surface area contributed by atoms with E-state index in [4.69, 9.17) is 23.7 Å². The van der Waals surface area contributed by atoms with E-state index in [1.54, 1.807) is 44.7 Å². The molecule has 310 valence electrons. The highest BCUT2D eigenvalue weighted by atomic mass is 16.7. The van der Waals surface area contributed by atoms with E-state index in [-0.39, 0.29) is 77.0 Å². The van der Waals surface area contributed by atoms with Gasteiger partial charge in [0.15, 0.2) is 17.2 Å². The lowest BCUT2D eigenvalue weighted by atomic mass is 9.78. The van der Waals surface area contributed by atoms with Crippen LogP contribution in [0.15, 0.2) is 58.3 Å². The molecule has 5 N–H and O–H groups in total. The molecule has 16 heteroatoms. The van der Waals surface area contributed by atoms with Crippen LogP contribution in [0, 0.1) is 28.6 Å². The number of nitrogens with zero attached hydrogens (tertiary/aromatic N) is 2. The standard InChI is InChI=1S/C41H53N3O13/c1-19-11-10-12-20(2)40(51)42-30-31(44-14-17-54-18-15-44)36(50)27-28(35(30)49)34(48)24(6)38-29(27)39(43-52)41(8,57-38)55-16-13-26(53-9)21(3)37(56-25(7)45)23(5)33(47)22(4)32(19)46/h10-13,16,19,21-23,26,32-33,37,46-47,49-50H,14-15,17-18H2,1-9H3,(H,42,51)/b11-10+,16-13+,20-12-/t19-,21+,22+,23+,26-,32-,33+,37+,41-/m0/s1. The van der Waals surface area contributed by atoms with Gasteiger partial charge in [0, 0.05) is 74.4 Å². The second kappa shape index (κ2) is 17.2. The number of morpholine rings is 1. The van der Waals surface area contributed by atoms with Crippen molar-refractivity contribution in [2.24, 2.45) is 28.8 Å². The van der Waals surface area contributed by atoms with Crippen molar-refractivity contribution in [3.63, 3.8) is 0 Å². The monoisotopic (exact) mass is 795 g/mol. The highest BCUT2D eigenvalue weighted by Gasteiger charge is 2.52. The molecule has 9 atom stereocenters. The maximum atomic E-state index is 14.1. The molecule has 0 unspecified atom stereocenters. The van der Waals surface area contributed by atoms with Crippen LogP contribution in [0.5, 0.6) is 11.5 Å². The predicted molar refractivity (Wildman–Crippen MR) is 209 cm³/mol. The first kappa shape index (κ1) is 43.1. The van der Waals surface area contributed by atoms with Gasteiger partial charge in [0.05, 0.1) is 48.9 Å². The summed E-state index contributed by atoms with van der Waals surface area (Å²) in [5.74, 6) is -7.74. The van der Waals surface area contributed by atoms with E-state index in [0.717, 1.165) is 0 Å². The highest BCUT2D eigenvalue weighted by Crippen LogP contribution is 2.58. The largest absolute Gasteiger partial charge is 0.505 e. The number of Topliss-reactive ketones (excluding diaryl/α,β-unsaturated/α-hetero) is 1. The van der Waals surface area contributed by atoms with Gasteiger partial charge < -0.3 is 54.3 Å². The number of aromatic hydroxyl groups is 2. The average molecular weight is 796 g/mol. The van der Waals surface area contributed by atoms with Gasteiger partial charge in [0.2, 0.25) is 0 Å². The van der Waals surface area contributed by atoms with Gasteiger partial charge in [-0.25, -0.2) is 0 Å². The maximum absolute atomic E-state index is 14.1. The Bertz CT molecular complexity index is 1940. The summed E-state index contributed by atoms with van der Waals surface area (Å²) >= 11 is 0. The topological polar surface area (TPSA) is 223 Å². The Morgan fingerprint density at radius 3 is 2.26 bits per heavy atom. The number of hydrogen-bond acceptors (Lipinski definition) is 15. The number of amides is 1. The number of aliphatic hydroxyl groups is 2. The number of allylic oxidation sites excluding steroid dienone is 4. The molecular formula is C41H53N3O13. The molecular weight excluding hydrogens is 742 g/mol. The van der Waals surface area contributed by atoms with Crippen LogP contribution in [0.3, 0.4) is 0 Å². The Labute approximate surface area is 331 Å². The smallest absolute Gasteiger partial charge is 0.302 e. The number of rotatable bonds is 4. The number of nitroso groups, excluding NO2 is 1. The van der Waals surface area contributed by atoms with Gasteiger partial charge in [0.1, 0.15) is 29.0 Å². The third-order valence-corrected chi connectivity index (χ3v) is 11.4. The molecule has 1 aromatic rings. The quantitative estimate of drug-likeness (QED) is 0.119. The number of methoxy groups -OCH3 is 1. The minimum atomic E-state index is -1.97. The van der Waals surface area contributed by atoms with Crippen molar-refractivity contribution in [1.29, 1.82) is 0 Å². The first-order valence-electron chi connectivity index (χ1n) is 18.9. The van der Waals surface area contributed by atoms with Gasteiger partial charge in [0.25, 0.3) is 11.7 Å². The fourth-order valence-electron chi connectivity index (χ4n) is 7.93. The SMILES string of the molecule is CO[C@H]1/C=C/O[C@@]2(C)OC3=C(C)C(=O)c4c(O)c(c(N5CCOCC5)c(O)c4C3=C2N=O)NC(=O)/C(C)=C\C=C\[C@H](C)[C@H](O)[C@@H](C)[C@@H](O)[C@@H](C)[C@H](OC(C)=O)[C@@H]1C. The fraction of sp³-hybridized carbons (Fsp3) is 0.537. The molecule has 0 radical (unpaired) electrons. The Balaban J connectivity index is 1.73. The molecule has 0 spiro atoms. The molecule has 1 saturated heterocycles. The van der Waals surface area contributed by atoms with Crippen molar-refractivity contribution >= 4 is 34.6 Å². The van der Waals surface area contributed by atoms with Gasteiger partial charge in [-0.3, -0.25) is 14.4 Å².